The Labute approximate surface area is 162 Å². The van der Waals surface area contributed by atoms with E-state index in [1.165, 1.54) is 41.5 Å². The Morgan fingerprint density at radius 2 is 2.08 bits per heavy atom. The lowest BCUT2D eigenvalue weighted by Crippen LogP contribution is -2.37. The van der Waals surface area contributed by atoms with Gasteiger partial charge in [0, 0.05) is 10.9 Å². The predicted molar refractivity (Wildman–Crippen MR) is 109 cm³/mol. The third kappa shape index (κ3) is 3.56. The number of nitrogens with zero attached hydrogens (tertiary/aromatic N) is 2. The number of thioether (sulfide) groups is 1. The van der Waals surface area contributed by atoms with Crippen LogP contribution < -0.4 is 11.1 Å². The molecule has 2 unspecified atom stereocenters. The molecule has 4 rings (SSSR count). The summed E-state index contributed by atoms with van der Waals surface area (Å²) in [5, 5.41) is 4.58. The van der Waals surface area contributed by atoms with Crippen molar-refractivity contribution in [1.29, 1.82) is 0 Å². The van der Waals surface area contributed by atoms with Crippen molar-refractivity contribution in [3.8, 4) is 0 Å². The highest BCUT2D eigenvalue weighted by Crippen LogP contribution is 2.40. The molecule has 2 aromatic heterocycles. The zero-order valence-electron chi connectivity index (χ0n) is 15.4. The van der Waals surface area contributed by atoms with E-state index < -0.39 is 0 Å². The number of aromatic nitrogens is 2. The Kier molecular flexibility index (Phi) is 5.10. The lowest BCUT2D eigenvalue weighted by atomic mass is 9.89. The number of nitrogens with two attached hydrogens (primary N) is 1. The quantitative estimate of drug-likeness (QED) is 0.610. The van der Waals surface area contributed by atoms with Crippen LogP contribution in [0.25, 0.3) is 10.2 Å². The van der Waals surface area contributed by atoms with Crippen LogP contribution in [0.2, 0.25) is 0 Å². The van der Waals surface area contributed by atoms with Gasteiger partial charge in [-0.3, -0.25) is 4.79 Å². The molecule has 3 N–H and O–H groups in total. The van der Waals surface area contributed by atoms with Crippen LogP contribution in [0.4, 0.5) is 5.82 Å². The van der Waals surface area contributed by atoms with Crippen molar-refractivity contribution in [3.05, 3.63) is 10.4 Å². The molecular weight excluding hydrogens is 364 g/mol. The number of thiophene rings is 1. The van der Waals surface area contributed by atoms with Crippen LogP contribution in [-0.4, -0.2) is 27.2 Å². The molecule has 2 atom stereocenters. The van der Waals surface area contributed by atoms with E-state index in [0.29, 0.717) is 17.0 Å². The molecule has 0 saturated heterocycles. The van der Waals surface area contributed by atoms with Crippen molar-refractivity contribution in [2.75, 3.05) is 5.73 Å². The van der Waals surface area contributed by atoms with E-state index in [-0.39, 0.29) is 11.2 Å². The number of carbonyl (C=O) groups is 1. The second kappa shape index (κ2) is 7.35. The molecule has 26 heavy (non-hydrogen) atoms. The van der Waals surface area contributed by atoms with Crippen LogP contribution in [0.3, 0.4) is 0 Å². The molecule has 7 heteroatoms. The summed E-state index contributed by atoms with van der Waals surface area (Å²) in [6, 6.07) is 0.338. The largest absolute Gasteiger partial charge is 0.383 e. The summed E-state index contributed by atoms with van der Waals surface area (Å²) in [5.74, 6) is 1.36. The molecule has 2 aliphatic rings. The second-order valence-corrected chi connectivity index (χ2v) is 10.1. The zero-order valence-corrected chi connectivity index (χ0v) is 17.0. The maximum absolute atomic E-state index is 12.4. The van der Waals surface area contributed by atoms with E-state index in [1.54, 1.807) is 11.3 Å². The van der Waals surface area contributed by atoms with Crippen molar-refractivity contribution >= 4 is 45.0 Å². The molecule has 1 saturated carbocycles. The van der Waals surface area contributed by atoms with Crippen LogP contribution in [-0.2, 0) is 17.6 Å². The number of nitrogens with one attached hydrogen (secondary N) is 1. The van der Waals surface area contributed by atoms with Gasteiger partial charge in [-0.2, -0.15) is 0 Å². The van der Waals surface area contributed by atoms with E-state index in [0.717, 1.165) is 41.8 Å². The van der Waals surface area contributed by atoms with Gasteiger partial charge in [-0.05, 0) is 50.5 Å². The molecule has 0 aromatic carbocycles. The molecule has 2 aliphatic carbocycles. The predicted octanol–water partition coefficient (Wildman–Crippen LogP) is 3.94. The first-order valence-corrected chi connectivity index (χ1v) is 11.3. The van der Waals surface area contributed by atoms with Gasteiger partial charge in [-0.25, -0.2) is 9.97 Å². The highest BCUT2D eigenvalue weighted by molar-refractivity contribution is 8.00. The van der Waals surface area contributed by atoms with Gasteiger partial charge in [0.05, 0.1) is 10.6 Å². The number of hydrogen-bond donors (Lipinski definition) is 2. The van der Waals surface area contributed by atoms with Crippen LogP contribution in [0.5, 0.6) is 0 Å². The lowest BCUT2D eigenvalue weighted by molar-refractivity contribution is -0.120. The van der Waals surface area contributed by atoms with Gasteiger partial charge < -0.3 is 11.1 Å². The fourth-order valence-corrected chi connectivity index (χ4v) is 6.24. The van der Waals surface area contributed by atoms with E-state index in [2.05, 4.69) is 17.2 Å². The Morgan fingerprint density at radius 3 is 2.85 bits per heavy atom. The minimum Gasteiger partial charge on any atom is -0.383 e. The minimum absolute atomic E-state index is 0.0727. The van der Waals surface area contributed by atoms with Crippen LogP contribution in [0, 0.1) is 5.92 Å². The summed E-state index contributed by atoms with van der Waals surface area (Å²) in [4.78, 5) is 24.1. The molecule has 1 amide bonds. The van der Waals surface area contributed by atoms with Crippen LogP contribution >= 0.6 is 23.1 Å². The monoisotopic (exact) mass is 390 g/mol. The normalized spacial score (nSPS) is 21.7. The van der Waals surface area contributed by atoms with Gasteiger partial charge in [-0.15, -0.1) is 11.3 Å². The first-order chi connectivity index (χ1) is 12.5. The molecule has 0 radical (unpaired) electrons. The van der Waals surface area contributed by atoms with E-state index in [4.69, 9.17) is 10.7 Å². The Bertz CT molecular complexity index is 829. The van der Waals surface area contributed by atoms with E-state index in [9.17, 15) is 4.79 Å². The maximum atomic E-state index is 12.4. The van der Waals surface area contributed by atoms with Gasteiger partial charge in [0.1, 0.15) is 10.6 Å². The molecular formula is C19H26N4OS2. The Morgan fingerprint density at radius 1 is 1.31 bits per heavy atom. The fourth-order valence-electron chi connectivity index (χ4n) is 4.00. The topological polar surface area (TPSA) is 80.9 Å². The van der Waals surface area contributed by atoms with Crippen molar-refractivity contribution in [2.45, 2.75) is 75.2 Å². The minimum atomic E-state index is -0.220. The summed E-state index contributed by atoms with van der Waals surface area (Å²) in [6.45, 7) is 4.22. The van der Waals surface area contributed by atoms with Gasteiger partial charge in [0.25, 0.3) is 0 Å². The van der Waals surface area contributed by atoms with E-state index in [1.807, 2.05) is 6.92 Å². The van der Waals surface area contributed by atoms with Gasteiger partial charge in [-0.1, -0.05) is 31.5 Å². The fraction of sp³-hybridized carbons (Fsp3) is 0.632. The highest BCUT2D eigenvalue weighted by atomic mass is 32.2. The first-order valence-electron chi connectivity index (χ1n) is 9.56. The smallest absolute Gasteiger partial charge is 0.233 e. The number of aryl methyl sites for hydroxylation is 1. The van der Waals surface area contributed by atoms with Crippen molar-refractivity contribution in [2.24, 2.45) is 5.92 Å². The lowest BCUT2D eigenvalue weighted by Gasteiger charge is -2.18. The van der Waals surface area contributed by atoms with Crippen LogP contribution in [0.15, 0.2) is 5.16 Å². The zero-order chi connectivity index (χ0) is 18.3. The number of fused-ring (bicyclic) bond motifs is 3. The molecule has 2 aromatic rings. The summed E-state index contributed by atoms with van der Waals surface area (Å²) >= 11 is 3.15. The molecule has 5 nitrogen and oxygen atoms in total. The third-order valence-corrected chi connectivity index (χ3v) is 7.62. The van der Waals surface area contributed by atoms with Crippen molar-refractivity contribution < 1.29 is 4.79 Å². The standard InChI is InChI=1S/C19H26N4OS2/c1-10-7-8-13-14(9-10)26-18-15(13)16(20)22-19(23-18)25-11(2)17(24)21-12-5-3-4-6-12/h10-12H,3-9H2,1-2H3,(H,21,24)(H2,20,22,23). The van der Waals surface area contributed by atoms with Crippen molar-refractivity contribution in [3.63, 3.8) is 0 Å². The SMILES string of the molecule is CC1CCc2c(sc3nc(SC(C)C(=O)NC4CCCC4)nc(N)c23)C1. The van der Waals surface area contributed by atoms with Gasteiger partial charge in [0.15, 0.2) is 5.16 Å². The summed E-state index contributed by atoms with van der Waals surface area (Å²) in [6.07, 6.45) is 7.99. The average Bonchev–Trinajstić information content (AvgIpc) is 3.21. The van der Waals surface area contributed by atoms with E-state index >= 15 is 0 Å². The third-order valence-electron chi connectivity index (χ3n) is 5.52. The summed E-state index contributed by atoms with van der Waals surface area (Å²) in [7, 11) is 0. The Balaban J connectivity index is 1.52. The number of anilines is 1. The molecule has 0 bridgehead atoms. The highest BCUT2D eigenvalue weighted by Gasteiger charge is 2.25. The first kappa shape index (κ1) is 18.0. The van der Waals surface area contributed by atoms with Gasteiger partial charge in [0.2, 0.25) is 5.91 Å². The average molecular weight is 391 g/mol. The molecule has 0 spiro atoms. The number of hydrogen-bond acceptors (Lipinski definition) is 6. The number of nitrogen functional groups attached to an aromatic ring is 1. The maximum Gasteiger partial charge on any atom is 0.233 e. The molecule has 1 fully saturated rings. The van der Waals surface area contributed by atoms with Gasteiger partial charge >= 0.3 is 0 Å². The second-order valence-electron chi connectivity index (χ2n) is 7.67. The van der Waals surface area contributed by atoms with Crippen molar-refractivity contribution in [1.82, 2.24) is 15.3 Å². The number of amides is 1. The van der Waals surface area contributed by atoms with Crippen LogP contribution in [0.1, 0.15) is 56.4 Å². The molecule has 140 valence electrons. The molecule has 2 heterocycles. The summed E-state index contributed by atoms with van der Waals surface area (Å²) < 4.78 is 0. The molecule has 0 aliphatic heterocycles. The number of rotatable bonds is 4. The summed E-state index contributed by atoms with van der Waals surface area (Å²) in [5.41, 5.74) is 7.64. The Hall–Kier alpha value is -1.34. The number of carbonyl (C=O) groups excluding carboxylic acids is 1.